The number of halogens is 1. The van der Waals surface area contributed by atoms with Gasteiger partial charge in [0, 0.05) is 37.6 Å². The predicted molar refractivity (Wildman–Crippen MR) is 129 cm³/mol. The van der Waals surface area contributed by atoms with E-state index in [1.165, 1.54) is 31.7 Å². The van der Waals surface area contributed by atoms with Crippen LogP contribution in [0, 0.1) is 17.7 Å². The number of hydrogen-bond acceptors (Lipinski definition) is 5. The zero-order valence-electron chi connectivity index (χ0n) is 19.0. The van der Waals surface area contributed by atoms with Crippen molar-refractivity contribution in [2.75, 3.05) is 43.3 Å². The third kappa shape index (κ3) is 3.52. The lowest BCUT2D eigenvalue weighted by Crippen LogP contribution is -2.33. The molecule has 6 rings (SSSR count). The second-order valence-corrected chi connectivity index (χ2v) is 11.0. The van der Waals surface area contributed by atoms with E-state index in [1.807, 2.05) is 4.57 Å². The van der Waals surface area contributed by atoms with Gasteiger partial charge in [-0.2, -0.15) is 0 Å². The Hall–Kier alpha value is -2.22. The van der Waals surface area contributed by atoms with Crippen molar-refractivity contribution in [3.63, 3.8) is 0 Å². The van der Waals surface area contributed by atoms with Gasteiger partial charge < -0.3 is 19.1 Å². The van der Waals surface area contributed by atoms with Crippen molar-refractivity contribution < 1.29 is 13.9 Å². The van der Waals surface area contributed by atoms with E-state index in [-0.39, 0.29) is 22.9 Å². The molecule has 0 spiro atoms. The summed E-state index contributed by atoms with van der Waals surface area (Å²) in [6, 6.07) is 1.56. The second kappa shape index (κ2) is 8.22. The third-order valence-corrected chi connectivity index (χ3v) is 8.87. The van der Waals surface area contributed by atoms with Crippen LogP contribution >= 0.6 is 11.8 Å². The molecule has 2 saturated heterocycles. The molecule has 33 heavy (non-hydrogen) atoms. The van der Waals surface area contributed by atoms with Crippen LogP contribution in [0.1, 0.15) is 54.9 Å². The van der Waals surface area contributed by atoms with E-state index < -0.39 is 11.2 Å². The molecule has 0 radical (unpaired) electrons. The number of carbonyl (C=O) groups is 1. The van der Waals surface area contributed by atoms with Gasteiger partial charge in [-0.1, -0.05) is 12.8 Å². The highest BCUT2D eigenvalue weighted by Crippen LogP contribution is 2.46. The van der Waals surface area contributed by atoms with Gasteiger partial charge >= 0.3 is 0 Å². The van der Waals surface area contributed by atoms with E-state index in [0.29, 0.717) is 41.2 Å². The Morgan fingerprint density at radius 2 is 1.88 bits per heavy atom. The number of nitrogens with zero attached hydrogens (tertiary/aromatic N) is 3. The normalized spacial score (nSPS) is 25.0. The lowest BCUT2D eigenvalue weighted by atomic mass is 9.82. The molecule has 2 unspecified atom stereocenters. The summed E-state index contributed by atoms with van der Waals surface area (Å²) in [6.45, 7) is 2.30. The summed E-state index contributed by atoms with van der Waals surface area (Å²) in [6.07, 6.45) is 8.57. The number of fused-ring (bicyclic) bond motifs is 2. The Balaban J connectivity index is 1.51. The highest BCUT2D eigenvalue weighted by atomic mass is 32.2. The van der Waals surface area contributed by atoms with E-state index in [1.54, 1.807) is 30.0 Å². The van der Waals surface area contributed by atoms with Crippen molar-refractivity contribution in [3.05, 3.63) is 33.9 Å². The summed E-state index contributed by atoms with van der Waals surface area (Å²) in [5, 5.41) is 0.245. The van der Waals surface area contributed by atoms with Crippen molar-refractivity contribution in [2.24, 2.45) is 11.8 Å². The number of thioether (sulfide) groups is 1. The first kappa shape index (κ1) is 21.3. The maximum Gasteiger partial charge on any atom is 0.260 e. The number of hydrogen-bond donors (Lipinski definition) is 0. The van der Waals surface area contributed by atoms with Crippen LogP contribution in [-0.4, -0.2) is 53.7 Å². The fourth-order valence-electron chi connectivity index (χ4n) is 6.06. The highest BCUT2D eigenvalue weighted by Gasteiger charge is 2.38. The highest BCUT2D eigenvalue weighted by molar-refractivity contribution is 7.99. The Labute approximate surface area is 197 Å². The molecule has 4 aliphatic rings. The number of carbonyl (C=O) groups excluding carboxylic acids is 1. The monoisotopic (exact) mass is 471 g/mol. The molecule has 3 heterocycles. The molecule has 1 aromatic carbocycles. The van der Waals surface area contributed by atoms with Gasteiger partial charge in [-0.05, 0) is 43.6 Å². The molecule has 2 aromatic rings. The number of benzene rings is 1. The average molecular weight is 472 g/mol. The minimum Gasteiger partial charge on any atom is -0.492 e. The van der Waals surface area contributed by atoms with E-state index in [2.05, 4.69) is 4.90 Å². The van der Waals surface area contributed by atoms with Gasteiger partial charge in [-0.3, -0.25) is 9.59 Å². The summed E-state index contributed by atoms with van der Waals surface area (Å²) in [4.78, 5) is 30.5. The van der Waals surface area contributed by atoms with Crippen LogP contribution < -0.4 is 15.1 Å². The van der Waals surface area contributed by atoms with Gasteiger partial charge in [-0.25, -0.2) is 4.39 Å². The Morgan fingerprint density at radius 1 is 1.15 bits per heavy atom. The molecule has 0 bridgehead atoms. The smallest absolute Gasteiger partial charge is 0.260 e. The zero-order valence-corrected chi connectivity index (χ0v) is 19.8. The lowest BCUT2D eigenvalue weighted by Gasteiger charge is -2.25. The van der Waals surface area contributed by atoms with Crippen molar-refractivity contribution >= 4 is 34.3 Å². The van der Waals surface area contributed by atoms with E-state index >= 15 is 4.39 Å². The second-order valence-electron chi connectivity index (χ2n) is 9.96. The fraction of sp³-hybridized carbons (Fsp3) is 0.600. The van der Waals surface area contributed by atoms with Crippen molar-refractivity contribution in [2.45, 2.75) is 44.6 Å². The molecule has 0 N–H and O–H groups in total. The molecular formula is C25H30FN3O3S. The number of methoxy groups -OCH3 is 1. The largest absolute Gasteiger partial charge is 0.492 e. The summed E-state index contributed by atoms with van der Waals surface area (Å²) >= 11 is 1.68. The summed E-state index contributed by atoms with van der Waals surface area (Å²) in [7, 11) is 1.56. The van der Waals surface area contributed by atoms with Crippen molar-refractivity contribution in [1.29, 1.82) is 0 Å². The minimum atomic E-state index is -0.432. The summed E-state index contributed by atoms with van der Waals surface area (Å²) < 4.78 is 23.5. The molecule has 2 atom stereocenters. The van der Waals surface area contributed by atoms with Gasteiger partial charge in [-0.15, -0.1) is 11.8 Å². The number of anilines is 1. The summed E-state index contributed by atoms with van der Waals surface area (Å²) in [5.74, 6) is 2.41. The van der Waals surface area contributed by atoms with Crippen LogP contribution in [0.5, 0.6) is 5.75 Å². The van der Waals surface area contributed by atoms with Gasteiger partial charge in [0.05, 0.1) is 23.9 Å². The van der Waals surface area contributed by atoms with E-state index in [4.69, 9.17) is 4.74 Å². The maximum atomic E-state index is 15.7. The Morgan fingerprint density at radius 3 is 2.48 bits per heavy atom. The molecular weight excluding hydrogens is 441 g/mol. The number of aromatic nitrogens is 1. The molecule has 1 amide bonds. The molecule has 2 saturated carbocycles. The number of amides is 1. The summed E-state index contributed by atoms with van der Waals surface area (Å²) in [5.41, 5.74) is 0.841. The first-order chi connectivity index (χ1) is 16.1. The molecule has 8 heteroatoms. The molecule has 176 valence electrons. The Bertz CT molecular complexity index is 1160. The van der Waals surface area contributed by atoms with E-state index in [9.17, 15) is 9.59 Å². The van der Waals surface area contributed by atoms with Gasteiger partial charge in [0.15, 0.2) is 11.6 Å². The number of rotatable bonds is 4. The van der Waals surface area contributed by atoms with Gasteiger partial charge in [0.1, 0.15) is 11.3 Å². The number of pyridine rings is 1. The van der Waals surface area contributed by atoms with Crippen LogP contribution in [0.4, 0.5) is 10.1 Å². The SMILES string of the molecule is COc1c(N2CC3CCCCC3C2)c(F)cc2c(=O)c(C(=O)N3CCSC3)cn(C3CC3)c12. The van der Waals surface area contributed by atoms with Crippen LogP contribution in [0.2, 0.25) is 0 Å². The minimum absolute atomic E-state index is 0.137. The first-order valence-electron chi connectivity index (χ1n) is 12.1. The van der Waals surface area contributed by atoms with Crippen LogP contribution in [0.15, 0.2) is 17.1 Å². The molecule has 2 aliphatic carbocycles. The molecule has 4 fully saturated rings. The lowest BCUT2D eigenvalue weighted by molar-refractivity contribution is 0.0801. The first-order valence-corrected chi connectivity index (χ1v) is 13.3. The Kier molecular flexibility index (Phi) is 5.31. The number of ether oxygens (including phenoxy) is 1. The van der Waals surface area contributed by atoms with Crippen molar-refractivity contribution in [1.82, 2.24) is 9.47 Å². The van der Waals surface area contributed by atoms with Crippen LogP contribution in [0.25, 0.3) is 10.9 Å². The quantitative estimate of drug-likeness (QED) is 0.667. The van der Waals surface area contributed by atoms with E-state index in [0.717, 1.165) is 31.7 Å². The third-order valence-electron chi connectivity index (χ3n) is 7.91. The fourth-order valence-corrected chi connectivity index (χ4v) is 7.00. The zero-order chi connectivity index (χ0) is 22.7. The maximum absolute atomic E-state index is 15.7. The van der Waals surface area contributed by atoms with Crippen LogP contribution in [0.3, 0.4) is 0 Å². The van der Waals surface area contributed by atoms with Gasteiger partial charge in [0.25, 0.3) is 5.91 Å². The molecule has 2 aliphatic heterocycles. The average Bonchev–Trinajstić information content (AvgIpc) is 3.34. The standard InChI is InChI=1S/C25H30FN3O3S/c1-32-24-21-18(10-20(26)22(24)28-11-15-4-2-3-5-16(15)12-28)23(30)19(13-29(21)17-6-7-17)25(31)27-8-9-33-14-27/h10,13,15-17H,2-9,11-12,14H2,1H3. The van der Waals surface area contributed by atoms with Crippen molar-refractivity contribution in [3.8, 4) is 5.75 Å². The van der Waals surface area contributed by atoms with Crippen LogP contribution in [-0.2, 0) is 0 Å². The van der Waals surface area contributed by atoms with Gasteiger partial charge in [0.2, 0.25) is 5.43 Å². The topological polar surface area (TPSA) is 54.8 Å². The molecule has 6 nitrogen and oxygen atoms in total. The predicted octanol–water partition coefficient (Wildman–Crippen LogP) is 4.26. The molecule has 1 aromatic heterocycles.